The molecular formula is C14H12O2S. The molecule has 0 amide bonds. The van der Waals surface area contributed by atoms with Crippen LogP contribution in [-0.4, -0.2) is 11.1 Å². The Morgan fingerprint density at radius 1 is 1.18 bits per heavy atom. The molecule has 17 heavy (non-hydrogen) atoms. The first-order valence-electron chi connectivity index (χ1n) is 5.68. The van der Waals surface area contributed by atoms with Crippen LogP contribution >= 0.6 is 11.3 Å². The predicted octanol–water partition coefficient (Wildman–Crippen LogP) is 3.60. The van der Waals surface area contributed by atoms with Gasteiger partial charge in [0.05, 0.1) is 5.56 Å². The molecule has 1 heterocycles. The topological polar surface area (TPSA) is 37.3 Å². The fourth-order valence-corrected chi connectivity index (χ4v) is 3.21. The van der Waals surface area contributed by atoms with Crippen molar-refractivity contribution >= 4 is 17.3 Å². The van der Waals surface area contributed by atoms with Gasteiger partial charge in [0.1, 0.15) is 0 Å². The number of aryl methyl sites for hydroxylation is 2. The van der Waals surface area contributed by atoms with Crippen molar-refractivity contribution in [3.05, 3.63) is 46.3 Å². The van der Waals surface area contributed by atoms with Gasteiger partial charge < -0.3 is 5.11 Å². The average Bonchev–Trinajstić information content (AvgIpc) is 2.97. The van der Waals surface area contributed by atoms with Crippen molar-refractivity contribution in [1.82, 2.24) is 0 Å². The van der Waals surface area contributed by atoms with Crippen molar-refractivity contribution in [3.63, 3.8) is 0 Å². The lowest BCUT2D eigenvalue weighted by Crippen LogP contribution is -1.91. The van der Waals surface area contributed by atoms with Crippen LogP contribution in [0.5, 0.6) is 0 Å². The van der Waals surface area contributed by atoms with E-state index in [0.29, 0.717) is 5.56 Å². The lowest BCUT2D eigenvalue weighted by molar-refractivity contribution is 0.0697. The highest BCUT2D eigenvalue weighted by Gasteiger charge is 2.13. The largest absolute Gasteiger partial charge is 0.478 e. The molecule has 1 N–H and O–H groups in total. The molecule has 3 rings (SSSR count). The Morgan fingerprint density at radius 3 is 2.76 bits per heavy atom. The second kappa shape index (κ2) is 4.00. The van der Waals surface area contributed by atoms with Crippen molar-refractivity contribution in [2.45, 2.75) is 19.3 Å². The van der Waals surface area contributed by atoms with Gasteiger partial charge in [-0.1, -0.05) is 18.2 Å². The van der Waals surface area contributed by atoms with Crippen LogP contribution in [0.2, 0.25) is 0 Å². The fraction of sp³-hybridized carbons (Fsp3) is 0.214. The number of carbonyl (C=O) groups is 1. The monoisotopic (exact) mass is 244 g/mol. The van der Waals surface area contributed by atoms with Gasteiger partial charge >= 0.3 is 5.97 Å². The molecule has 0 radical (unpaired) electrons. The molecule has 0 saturated carbocycles. The normalized spacial score (nSPS) is 13.6. The highest BCUT2D eigenvalue weighted by atomic mass is 32.1. The fourth-order valence-electron chi connectivity index (χ4n) is 2.32. The summed E-state index contributed by atoms with van der Waals surface area (Å²) in [5.41, 5.74) is 4.39. The summed E-state index contributed by atoms with van der Waals surface area (Å²) in [6.45, 7) is 0. The van der Waals surface area contributed by atoms with E-state index in [1.54, 1.807) is 11.4 Å². The van der Waals surface area contributed by atoms with Gasteiger partial charge in [0, 0.05) is 10.3 Å². The number of fused-ring (bicyclic) bond motifs is 1. The van der Waals surface area contributed by atoms with Crippen molar-refractivity contribution in [1.29, 1.82) is 0 Å². The maximum Gasteiger partial charge on any atom is 0.336 e. The Kier molecular flexibility index (Phi) is 2.48. The van der Waals surface area contributed by atoms with E-state index in [9.17, 15) is 4.79 Å². The van der Waals surface area contributed by atoms with Gasteiger partial charge in [0.25, 0.3) is 0 Å². The van der Waals surface area contributed by atoms with Crippen LogP contribution in [0.25, 0.3) is 10.4 Å². The van der Waals surface area contributed by atoms with E-state index in [2.05, 4.69) is 18.2 Å². The Hall–Kier alpha value is -1.61. The maximum atomic E-state index is 10.8. The van der Waals surface area contributed by atoms with E-state index in [1.807, 2.05) is 0 Å². The van der Waals surface area contributed by atoms with Crippen molar-refractivity contribution in [2.24, 2.45) is 0 Å². The van der Waals surface area contributed by atoms with Crippen LogP contribution in [0.4, 0.5) is 0 Å². The summed E-state index contributed by atoms with van der Waals surface area (Å²) in [5.74, 6) is -0.853. The van der Waals surface area contributed by atoms with Crippen LogP contribution in [-0.2, 0) is 12.8 Å². The Labute approximate surface area is 104 Å². The van der Waals surface area contributed by atoms with Gasteiger partial charge in [0.2, 0.25) is 0 Å². The molecule has 0 fully saturated rings. The van der Waals surface area contributed by atoms with Crippen LogP contribution in [0.1, 0.15) is 27.9 Å². The van der Waals surface area contributed by atoms with E-state index in [-0.39, 0.29) is 0 Å². The molecule has 0 saturated heterocycles. The summed E-state index contributed by atoms with van der Waals surface area (Å²) in [4.78, 5) is 11.9. The maximum absolute atomic E-state index is 10.8. The van der Waals surface area contributed by atoms with Crippen LogP contribution < -0.4 is 0 Å². The Balaban J connectivity index is 2.00. The summed E-state index contributed by atoms with van der Waals surface area (Å²) in [5, 5.41) is 10.6. The number of thiophene rings is 1. The van der Waals surface area contributed by atoms with Crippen molar-refractivity contribution < 1.29 is 9.90 Å². The smallest absolute Gasteiger partial charge is 0.336 e. The second-order valence-electron chi connectivity index (χ2n) is 4.34. The lowest BCUT2D eigenvalue weighted by atomic mass is 10.1. The minimum Gasteiger partial charge on any atom is -0.478 e. The number of carboxylic acid groups (broad SMARTS) is 1. The molecule has 86 valence electrons. The first kappa shape index (κ1) is 10.5. The summed E-state index contributed by atoms with van der Waals surface area (Å²) in [6, 6.07) is 8.24. The highest BCUT2D eigenvalue weighted by Crippen LogP contribution is 2.31. The number of benzene rings is 1. The molecule has 2 nitrogen and oxygen atoms in total. The lowest BCUT2D eigenvalue weighted by Gasteiger charge is -2.02. The molecule has 0 bridgehead atoms. The summed E-state index contributed by atoms with van der Waals surface area (Å²) < 4.78 is 0. The van der Waals surface area contributed by atoms with Crippen LogP contribution in [0.15, 0.2) is 29.6 Å². The van der Waals surface area contributed by atoms with Gasteiger partial charge in [-0.3, -0.25) is 0 Å². The van der Waals surface area contributed by atoms with E-state index in [1.165, 1.54) is 35.3 Å². The molecule has 3 heteroatoms. The zero-order valence-corrected chi connectivity index (χ0v) is 10.1. The number of aromatic carboxylic acids is 1. The van der Waals surface area contributed by atoms with Crippen LogP contribution in [0, 0.1) is 0 Å². The summed E-state index contributed by atoms with van der Waals surface area (Å²) in [7, 11) is 0. The molecule has 0 aliphatic heterocycles. The van der Waals surface area contributed by atoms with Gasteiger partial charge in [0.15, 0.2) is 0 Å². The van der Waals surface area contributed by atoms with Gasteiger partial charge in [-0.05, 0) is 42.0 Å². The van der Waals surface area contributed by atoms with Crippen LogP contribution in [0.3, 0.4) is 0 Å². The van der Waals surface area contributed by atoms with Crippen molar-refractivity contribution in [2.75, 3.05) is 0 Å². The van der Waals surface area contributed by atoms with E-state index >= 15 is 0 Å². The number of hydrogen-bond acceptors (Lipinski definition) is 2. The molecule has 0 spiro atoms. The number of carboxylic acids is 1. The first-order valence-corrected chi connectivity index (χ1v) is 6.56. The minimum absolute atomic E-state index is 0.380. The highest BCUT2D eigenvalue weighted by molar-refractivity contribution is 7.13. The predicted molar refractivity (Wildman–Crippen MR) is 68.7 cm³/mol. The summed E-state index contributed by atoms with van der Waals surface area (Å²) >= 11 is 1.50. The van der Waals surface area contributed by atoms with E-state index < -0.39 is 5.97 Å². The Morgan fingerprint density at radius 2 is 2.00 bits per heavy atom. The first-order chi connectivity index (χ1) is 8.24. The van der Waals surface area contributed by atoms with Gasteiger partial charge in [-0.15, -0.1) is 11.3 Å². The van der Waals surface area contributed by atoms with E-state index in [0.717, 1.165) is 16.9 Å². The molecule has 1 aliphatic rings. The third kappa shape index (κ3) is 1.87. The molecule has 0 unspecified atom stereocenters. The van der Waals surface area contributed by atoms with Gasteiger partial charge in [-0.25, -0.2) is 4.79 Å². The minimum atomic E-state index is -0.853. The average molecular weight is 244 g/mol. The van der Waals surface area contributed by atoms with E-state index in [4.69, 9.17) is 5.11 Å². The standard InChI is InChI=1S/C14H12O2S/c15-14(16)12-7-13(17-8-12)11-5-4-9-2-1-3-10(9)6-11/h4-8H,1-3H2,(H,15,16). The zero-order chi connectivity index (χ0) is 11.8. The third-order valence-corrected chi connectivity index (χ3v) is 4.21. The number of rotatable bonds is 2. The zero-order valence-electron chi connectivity index (χ0n) is 9.27. The third-order valence-electron chi connectivity index (χ3n) is 3.23. The van der Waals surface area contributed by atoms with Crippen molar-refractivity contribution in [3.8, 4) is 10.4 Å². The SMILES string of the molecule is O=C(O)c1csc(-c2ccc3c(c2)CCC3)c1. The molecule has 1 aromatic carbocycles. The number of hydrogen-bond donors (Lipinski definition) is 1. The molecular weight excluding hydrogens is 232 g/mol. The van der Waals surface area contributed by atoms with Gasteiger partial charge in [-0.2, -0.15) is 0 Å². The second-order valence-corrected chi connectivity index (χ2v) is 5.25. The molecule has 0 atom stereocenters. The molecule has 1 aliphatic carbocycles. The molecule has 2 aromatic rings. The summed E-state index contributed by atoms with van der Waals surface area (Å²) in [6.07, 6.45) is 3.57. The quantitative estimate of drug-likeness (QED) is 0.876. The molecule has 1 aromatic heterocycles. The Bertz CT molecular complexity index is 584.